The van der Waals surface area contributed by atoms with Crippen molar-refractivity contribution in [1.82, 2.24) is 4.90 Å². The number of carbonyl (C=O) groups is 1. The second kappa shape index (κ2) is 3.67. The van der Waals surface area contributed by atoms with Gasteiger partial charge in [0, 0.05) is 0 Å². The van der Waals surface area contributed by atoms with Gasteiger partial charge >= 0.3 is 6.09 Å². The summed E-state index contributed by atoms with van der Waals surface area (Å²) in [5.74, 6) is 0.782. The molecule has 15 heavy (non-hydrogen) atoms. The highest BCUT2D eigenvalue weighted by atomic mass is 16.6. The van der Waals surface area contributed by atoms with Crippen LogP contribution in [0.5, 0.6) is 0 Å². The molecular weight excluding hydrogens is 194 g/mol. The van der Waals surface area contributed by atoms with Crippen molar-refractivity contribution >= 4 is 6.09 Å². The van der Waals surface area contributed by atoms with Crippen molar-refractivity contribution in [2.24, 2.45) is 11.8 Å². The molecule has 1 N–H and O–H groups in total. The quantitative estimate of drug-likeness (QED) is 0.767. The minimum Gasteiger partial charge on any atom is -0.449 e. The van der Waals surface area contributed by atoms with E-state index in [1.165, 1.54) is 0 Å². The molecule has 1 amide bonds. The van der Waals surface area contributed by atoms with E-state index in [9.17, 15) is 9.90 Å². The van der Waals surface area contributed by atoms with E-state index in [-0.39, 0.29) is 6.09 Å². The normalized spacial score (nSPS) is 23.9. The van der Waals surface area contributed by atoms with Gasteiger partial charge in [0.15, 0.2) is 0 Å². The number of hydrogen-bond donors (Lipinski definition) is 1. The third kappa shape index (κ3) is 2.25. The largest absolute Gasteiger partial charge is 0.449 e. The lowest BCUT2D eigenvalue weighted by atomic mass is 9.89. The number of hydrogen-bond acceptors (Lipinski definition) is 3. The second-order valence-corrected chi connectivity index (χ2v) is 5.20. The Bertz CT molecular complexity index is 255. The number of amides is 1. The lowest BCUT2D eigenvalue weighted by molar-refractivity contribution is -0.104. The van der Waals surface area contributed by atoms with Crippen molar-refractivity contribution in [2.75, 3.05) is 19.7 Å². The van der Waals surface area contributed by atoms with Crippen LogP contribution >= 0.6 is 0 Å². The van der Waals surface area contributed by atoms with E-state index in [1.54, 1.807) is 4.90 Å². The van der Waals surface area contributed by atoms with E-state index in [0.29, 0.717) is 31.5 Å². The number of carbonyl (C=O) groups excluding carboxylic acids is 1. The summed E-state index contributed by atoms with van der Waals surface area (Å²) in [4.78, 5) is 13.0. The number of aliphatic hydroxyl groups is 1. The van der Waals surface area contributed by atoms with Gasteiger partial charge in [-0.25, -0.2) is 4.79 Å². The third-order valence-corrected chi connectivity index (χ3v) is 3.06. The van der Waals surface area contributed by atoms with E-state index in [2.05, 4.69) is 0 Å². The number of nitrogens with zero attached hydrogens (tertiary/aromatic N) is 1. The van der Waals surface area contributed by atoms with Crippen LogP contribution in [0, 0.1) is 11.8 Å². The topological polar surface area (TPSA) is 49.8 Å². The Morgan fingerprint density at radius 2 is 2.13 bits per heavy atom. The molecule has 1 aliphatic heterocycles. The van der Waals surface area contributed by atoms with Crippen LogP contribution in [0.15, 0.2) is 0 Å². The molecule has 1 saturated carbocycles. The molecule has 86 valence electrons. The average molecular weight is 213 g/mol. The van der Waals surface area contributed by atoms with Crippen molar-refractivity contribution in [2.45, 2.75) is 32.3 Å². The maximum atomic E-state index is 11.5. The zero-order valence-corrected chi connectivity index (χ0v) is 9.40. The molecule has 0 bridgehead atoms. The van der Waals surface area contributed by atoms with Crippen LogP contribution in [0.1, 0.15) is 26.7 Å². The first-order valence-electron chi connectivity index (χ1n) is 5.65. The minimum atomic E-state index is -0.600. The molecule has 2 rings (SSSR count). The Hall–Kier alpha value is -0.770. The molecular formula is C11H19NO3. The Balaban J connectivity index is 1.71. The smallest absolute Gasteiger partial charge is 0.409 e. The molecule has 1 heterocycles. The molecule has 0 aromatic rings. The summed E-state index contributed by atoms with van der Waals surface area (Å²) in [6.45, 7) is 5.37. The number of rotatable bonds is 3. The number of ether oxygens (including phenoxy) is 1. The van der Waals surface area contributed by atoms with Crippen molar-refractivity contribution in [3.8, 4) is 0 Å². The molecule has 2 aliphatic rings. The highest BCUT2D eigenvalue weighted by Crippen LogP contribution is 2.44. The fraction of sp³-hybridized carbons (Fsp3) is 0.909. The summed E-state index contributed by atoms with van der Waals surface area (Å²) >= 11 is 0. The summed E-state index contributed by atoms with van der Waals surface area (Å²) in [5, 5.41) is 10.00. The van der Waals surface area contributed by atoms with Crippen LogP contribution in [-0.4, -0.2) is 41.4 Å². The van der Waals surface area contributed by atoms with E-state index >= 15 is 0 Å². The molecule has 0 spiro atoms. The average Bonchev–Trinajstić information content (AvgIpc) is 2.91. The Morgan fingerprint density at radius 3 is 2.60 bits per heavy atom. The minimum absolute atomic E-state index is 0.283. The van der Waals surface area contributed by atoms with Gasteiger partial charge in [-0.05, 0) is 24.7 Å². The second-order valence-electron chi connectivity index (χ2n) is 5.20. The van der Waals surface area contributed by atoms with E-state index in [4.69, 9.17) is 4.74 Å². The van der Waals surface area contributed by atoms with Gasteiger partial charge in [-0.2, -0.15) is 0 Å². The van der Waals surface area contributed by atoms with Gasteiger partial charge in [-0.15, -0.1) is 0 Å². The molecule has 1 saturated heterocycles. The van der Waals surface area contributed by atoms with Gasteiger partial charge in [0.25, 0.3) is 0 Å². The van der Waals surface area contributed by atoms with Crippen LogP contribution < -0.4 is 0 Å². The Kier molecular flexibility index (Phi) is 2.63. The van der Waals surface area contributed by atoms with E-state index in [1.807, 2.05) is 13.8 Å². The van der Waals surface area contributed by atoms with Crippen molar-refractivity contribution in [3.05, 3.63) is 0 Å². The molecule has 0 radical (unpaired) electrons. The Labute approximate surface area is 90.2 Å². The van der Waals surface area contributed by atoms with E-state index in [0.717, 1.165) is 12.8 Å². The maximum Gasteiger partial charge on any atom is 0.409 e. The molecule has 2 fully saturated rings. The van der Waals surface area contributed by atoms with E-state index < -0.39 is 5.60 Å². The fourth-order valence-electron chi connectivity index (χ4n) is 1.95. The fourth-order valence-corrected chi connectivity index (χ4v) is 1.95. The third-order valence-electron chi connectivity index (χ3n) is 3.06. The van der Waals surface area contributed by atoms with Crippen LogP contribution in [0.2, 0.25) is 0 Å². The van der Waals surface area contributed by atoms with Crippen LogP contribution in [0.3, 0.4) is 0 Å². The Morgan fingerprint density at radius 1 is 1.53 bits per heavy atom. The first-order valence-corrected chi connectivity index (χ1v) is 5.65. The molecule has 4 nitrogen and oxygen atoms in total. The van der Waals surface area contributed by atoms with Crippen molar-refractivity contribution in [1.29, 1.82) is 0 Å². The molecule has 1 aliphatic carbocycles. The van der Waals surface area contributed by atoms with Crippen LogP contribution in [0.4, 0.5) is 4.79 Å². The molecule has 4 heteroatoms. The standard InChI is InChI=1S/C11H19NO3/c1-8(2)5-15-10(13)12-6-11(14,7-12)9-3-4-9/h8-9,14H,3-7H2,1-2H3. The van der Waals surface area contributed by atoms with Crippen LogP contribution in [0.25, 0.3) is 0 Å². The summed E-state index contributed by atoms with van der Waals surface area (Å²) < 4.78 is 5.08. The zero-order chi connectivity index (χ0) is 11.1. The van der Waals surface area contributed by atoms with Gasteiger partial charge in [0.2, 0.25) is 0 Å². The maximum absolute atomic E-state index is 11.5. The summed E-state index contributed by atoms with van der Waals surface area (Å²) in [5.41, 5.74) is -0.600. The van der Waals surface area contributed by atoms with Gasteiger partial charge in [0.05, 0.1) is 19.7 Å². The van der Waals surface area contributed by atoms with Crippen molar-refractivity contribution < 1.29 is 14.6 Å². The van der Waals surface area contributed by atoms with Gasteiger partial charge in [0.1, 0.15) is 5.60 Å². The lowest BCUT2D eigenvalue weighted by Gasteiger charge is -2.46. The first kappa shape index (κ1) is 10.7. The number of β-amino-alcohol motifs (C(OH)–C–C–N with tert-alkyl or cyclic N) is 1. The highest BCUT2D eigenvalue weighted by molar-refractivity contribution is 5.69. The number of likely N-dealkylation sites (tertiary alicyclic amines) is 1. The predicted molar refractivity (Wildman–Crippen MR) is 55.4 cm³/mol. The SMILES string of the molecule is CC(C)COC(=O)N1CC(O)(C2CC2)C1. The lowest BCUT2D eigenvalue weighted by Crippen LogP contribution is -2.64. The summed E-state index contributed by atoms with van der Waals surface area (Å²) in [6, 6.07) is 0. The first-order chi connectivity index (χ1) is 7.01. The van der Waals surface area contributed by atoms with Gasteiger partial charge in [-0.3, -0.25) is 0 Å². The highest BCUT2D eigenvalue weighted by Gasteiger charge is 2.53. The zero-order valence-electron chi connectivity index (χ0n) is 9.40. The molecule has 0 aromatic carbocycles. The van der Waals surface area contributed by atoms with Crippen molar-refractivity contribution in [3.63, 3.8) is 0 Å². The van der Waals surface area contributed by atoms with Gasteiger partial charge < -0.3 is 14.7 Å². The van der Waals surface area contributed by atoms with Crippen LogP contribution in [-0.2, 0) is 4.74 Å². The molecule has 0 unspecified atom stereocenters. The summed E-state index contributed by atoms with van der Waals surface area (Å²) in [7, 11) is 0. The predicted octanol–water partition coefficient (Wildman–Crippen LogP) is 1.24. The summed E-state index contributed by atoms with van der Waals surface area (Å²) in [6.07, 6.45) is 1.92. The molecule has 0 atom stereocenters. The van der Waals surface area contributed by atoms with Gasteiger partial charge in [-0.1, -0.05) is 13.8 Å². The molecule has 0 aromatic heterocycles. The monoisotopic (exact) mass is 213 g/mol.